The number of nitrogens with zero attached hydrogens (tertiary/aromatic N) is 7. The van der Waals surface area contributed by atoms with Gasteiger partial charge in [-0.05, 0) is 36.4 Å². The van der Waals surface area contributed by atoms with Gasteiger partial charge in [-0.1, -0.05) is 0 Å². The Morgan fingerprint density at radius 3 is 2.89 bits per heavy atom. The number of likely N-dealkylation sites (N-methyl/N-ethyl adjacent to an activating group) is 1. The van der Waals surface area contributed by atoms with Crippen molar-refractivity contribution in [1.29, 1.82) is 0 Å². The molecular formula is C19H19N7O. The second kappa shape index (κ2) is 6.08. The van der Waals surface area contributed by atoms with Gasteiger partial charge in [0.1, 0.15) is 17.9 Å². The van der Waals surface area contributed by atoms with E-state index in [2.05, 4.69) is 43.2 Å². The number of ether oxygens (including phenoxy) is 1. The Balaban J connectivity index is 1.38. The second-order valence-electron chi connectivity index (χ2n) is 6.71. The van der Waals surface area contributed by atoms with Crippen LogP contribution in [-0.4, -0.2) is 58.1 Å². The van der Waals surface area contributed by atoms with E-state index in [1.165, 1.54) is 0 Å². The molecule has 4 aromatic rings. The largest absolute Gasteiger partial charge is 0.497 e. The molecule has 1 fully saturated rings. The van der Waals surface area contributed by atoms with Gasteiger partial charge in [0.15, 0.2) is 5.65 Å². The van der Waals surface area contributed by atoms with Crippen LogP contribution in [-0.2, 0) is 0 Å². The van der Waals surface area contributed by atoms with Gasteiger partial charge in [-0.2, -0.15) is 4.52 Å². The zero-order chi connectivity index (χ0) is 18.4. The van der Waals surface area contributed by atoms with Crippen molar-refractivity contribution in [3.63, 3.8) is 0 Å². The number of hydrogen-bond acceptors (Lipinski definition) is 7. The van der Waals surface area contributed by atoms with Crippen LogP contribution < -0.4 is 14.5 Å². The molecule has 1 saturated heterocycles. The van der Waals surface area contributed by atoms with Crippen molar-refractivity contribution in [2.24, 2.45) is 0 Å². The van der Waals surface area contributed by atoms with E-state index in [-0.39, 0.29) is 0 Å². The first-order chi connectivity index (χ1) is 13.2. The predicted octanol–water partition coefficient (Wildman–Crippen LogP) is 2.01. The van der Waals surface area contributed by atoms with Crippen molar-refractivity contribution in [2.75, 3.05) is 37.0 Å². The third-order valence-corrected chi connectivity index (χ3v) is 5.19. The summed E-state index contributed by atoms with van der Waals surface area (Å²) in [7, 11) is 3.82. The number of rotatable bonds is 4. The maximum Gasteiger partial charge on any atom is 0.177 e. The molecule has 0 saturated carbocycles. The molecule has 0 unspecified atom stereocenters. The summed E-state index contributed by atoms with van der Waals surface area (Å²) in [5.41, 5.74) is 2.88. The maximum atomic E-state index is 5.39. The molecule has 1 aliphatic heterocycles. The summed E-state index contributed by atoms with van der Waals surface area (Å²) in [6.07, 6.45) is 3.48. The van der Waals surface area contributed by atoms with Gasteiger partial charge in [0.05, 0.1) is 18.7 Å². The van der Waals surface area contributed by atoms with Crippen molar-refractivity contribution in [1.82, 2.24) is 24.8 Å². The summed E-state index contributed by atoms with van der Waals surface area (Å²) in [5.74, 6) is 1.78. The van der Waals surface area contributed by atoms with Gasteiger partial charge in [-0.15, -0.1) is 15.3 Å². The van der Waals surface area contributed by atoms with Crippen molar-refractivity contribution in [3.05, 3.63) is 48.9 Å². The second-order valence-corrected chi connectivity index (χ2v) is 6.71. The van der Waals surface area contributed by atoms with Crippen molar-refractivity contribution in [2.45, 2.75) is 6.04 Å². The number of anilines is 2. The maximum absolute atomic E-state index is 5.39. The molecule has 0 amide bonds. The smallest absolute Gasteiger partial charge is 0.177 e. The van der Waals surface area contributed by atoms with Crippen molar-refractivity contribution in [3.8, 4) is 5.75 Å². The normalized spacial score (nSPS) is 14.5. The summed E-state index contributed by atoms with van der Waals surface area (Å²) < 4.78 is 7.09. The lowest BCUT2D eigenvalue weighted by Gasteiger charge is -2.45. The Hall–Kier alpha value is -3.42. The SMILES string of the molecule is COc1ccc2nccc(N(C)C3CN(c4ccc5nncn5n4)C3)c2c1. The zero-order valence-electron chi connectivity index (χ0n) is 15.1. The van der Waals surface area contributed by atoms with Crippen LogP contribution in [0.2, 0.25) is 0 Å². The monoisotopic (exact) mass is 361 g/mol. The molecule has 5 rings (SSSR count). The Kier molecular flexibility index (Phi) is 3.56. The van der Waals surface area contributed by atoms with E-state index in [0.717, 1.165) is 46.9 Å². The molecule has 0 spiro atoms. The first-order valence-electron chi connectivity index (χ1n) is 8.80. The van der Waals surface area contributed by atoms with E-state index in [1.807, 2.05) is 36.5 Å². The summed E-state index contributed by atoms with van der Waals surface area (Å²) in [4.78, 5) is 9.04. The summed E-state index contributed by atoms with van der Waals surface area (Å²) >= 11 is 0. The lowest BCUT2D eigenvalue weighted by molar-refractivity contribution is 0.415. The quantitative estimate of drug-likeness (QED) is 0.550. The minimum atomic E-state index is 0.403. The topological polar surface area (TPSA) is 71.7 Å². The van der Waals surface area contributed by atoms with Gasteiger partial charge < -0.3 is 14.5 Å². The van der Waals surface area contributed by atoms with Crippen LogP contribution in [0.1, 0.15) is 0 Å². The molecule has 8 nitrogen and oxygen atoms in total. The fourth-order valence-corrected chi connectivity index (χ4v) is 3.52. The number of aromatic nitrogens is 5. The average molecular weight is 361 g/mol. The minimum absolute atomic E-state index is 0.403. The Bertz CT molecular complexity index is 1120. The first-order valence-corrected chi connectivity index (χ1v) is 8.80. The lowest BCUT2D eigenvalue weighted by Crippen LogP contribution is -2.59. The van der Waals surface area contributed by atoms with E-state index in [9.17, 15) is 0 Å². The molecule has 0 N–H and O–H groups in total. The van der Waals surface area contributed by atoms with Crippen LogP contribution in [0.3, 0.4) is 0 Å². The number of hydrogen-bond donors (Lipinski definition) is 0. The van der Waals surface area contributed by atoms with Gasteiger partial charge >= 0.3 is 0 Å². The van der Waals surface area contributed by atoms with Crippen LogP contribution in [0, 0.1) is 0 Å². The molecule has 3 aromatic heterocycles. The lowest BCUT2D eigenvalue weighted by atomic mass is 10.1. The molecule has 27 heavy (non-hydrogen) atoms. The van der Waals surface area contributed by atoms with E-state index in [1.54, 1.807) is 18.0 Å². The molecule has 0 atom stereocenters. The molecule has 0 radical (unpaired) electrons. The van der Waals surface area contributed by atoms with Gasteiger partial charge in [0.25, 0.3) is 0 Å². The number of methoxy groups -OCH3 is 1. The van der Waals surface area contributed by atoms with Crippen LogP contribution in [0.4, 0.5) is 11.5 Å². The summed E-state index contributed by atoms with van der Waals surface area (Å²) in [6.45, 7) is 1.82. The van der Waals surface area contributed by atoms with Gasteiger partial charge in [-0.3, -0.25) is 4.98 Å². The third-order valence-electron chi connectivity index (χ3n) is 5.19. The van der Waals surface area contributed by atoms with Crippen molar-refractivity contribution < 1.29 is 4.74 Å². The number of fused-ring (bicyclic) bond motifs is 2. The van der Waals surface area contributed by atoms with Gasteiger partial charge in [0, 0.05) is 37.4 Å². The molecule has 4 heterocycles. The average Bonchev–Trinajstić information content (AvgIpc) is 3.13. The van der Waals surface area contributed by atoms with E-state index in [0.29, 0.717) is 6.04 Å². The highest BCUT2D eigenvalue weighted by atomic mass is 16.5. The molecule has 0 bridgehead atoms. The predicted molar refractivity (Wildman–Crippen MR) is 103 cm³/mol. The van der Waals surface area contributed by atoms with E-state index in [4.69, 9.17) is 4.74 Å². The highest BCUT2D eigenvalue weighted by Crippen LogP contribution is 2.31. The summed E-state index contributed by atoms with van der Waals surface area (Å²) in [5, 5.41) is 13.5. The Labute approximate surface area is 156 Å². The molecule has 8 heteroatoms. The molecular weight excluding hydrogens is 342 g/mol. The highest BCUT2D eigenvalue weighted by Gasteiger charge is 2.32. The molecule has 136 valence electrons. The fraction of sp³-hybridized carbons (Fsp3) is 0.263. The Morgan fingerprint density at radius 1 is 1.15 bits per heavy atom. The molecule has 1 aromatic carbocycles. The van der Waals surface area contributed by atoms with Crippen LogP contribution in [0.15, 0.2) is 48.9 Å². The van der Waals surface area contributed by atoms with E-state index >= 15 is 0 Å². The molecule has 0 aliphatic carbocycles. The summed E-state index contributed by atoms with van der Waals surface area (Å²) in [6, 6.07) is 12.4. The highest BCUT2D eigenvalue weighted by molar-refractivity contribution is 5.92. The minimum Gasteiger partial charge on any atom is -0.497 e. The van der Waals surface area contributed by atoms with Gasteiger partial charge in [-0.25, -0.2) is 0 Å². The van der Waals surface area contributed by atoms with Crippen LogP contribution >= 0.6 is 0 Å². The standard InChI is InChI=1S/C19H19N7O/c1-24(17-7-8-20-16-4-3-14(27-2)9-15(16)17)13-10-25(11-13)19-6-5-18-22-21-12-26(18)23-19/h3-9,12-13H,10-11H2,1-2H3. The zero-order valence-corrected chi connectivity index (χ0v) is 15.1. The Morgan fingerprint density at radius 2 is 2.04 bits per heavy atom. The van der Waals surface area contributed by atoms with Crippen molar-refractivity contribution >= 4 is 28.1 Å². The fourth-order valence-electron chi connectivity index (χ4n) is 3.52. The number of benzene rings is 1. The van der Waals surface area contributed by atoms with Crippen LogP contribution in [0.5, 0.6) is 5.75 Å². The number of pyridine rings is 1. The van der Waals surface area contributed by atoms with Crippen LogP contribution in [0.25, 0.3) is 16.6 Å². The third kappa shape index (κ3) is 2.61. The van der Waals surface area contributed by atoms with E-state index < -0.39 is 0 Å². The first kappa shape index (κ1) is 15.8. The van der Waals surface area contributed by atoms with Gasteiger partial charge in [0.2, 0.25) is 0 Å². The molecule has 1 aliphatic rings.